The van der Waals surface area contributed by atoms with Crippen LogP contribution in [0.4, 0.5) is 0 Å². The molecule has 1 saturated carbocycles. The van der Waals surface area contributed by atoms with Crippen LogP contribution in [0, 0.1) is 5.92 Å². The van der Waals surface area contributed by atoms with Gasteiger partial charge >= 0.3 is 0 Å². The Kier molecular flexibility index (Phi) is 10.5. The van der Waals surface area contributed by atoms with Crippen molar-refractivity contribution in [2.24, 2.45) is 5.92 Å². The van der Waals surface area contributed by atoms with E-state index < -0.39 is 0 Å². The summed E-state index contributed by atoms with van der Waals surface area (Å²) in [6, 6.07) is 0. The maximum absolute atomic E-state index is 6.04. The first-order chi connectivity index (χ1) is 9.38. The third-order valence-electron chi connectivity index (χ3n) is 4.09. The van der Waals surface area contributed by atoms with Crippen LogP contribution < -0.4 is 0 Å². The Morgan fingerprint density at radius 3 is 1.74 bits per heavy atom. The van der Waals surface area contributed by atoms with E-state index in [0.29, 0.717) is 5.92 Å². The Hall–Kier alpha value is -0.0800. The zero-order valence-electron chi connectivity index (χ0n) is 13.2. The van der Waals surface area contributed by atoms with Crippen LogP contribution in [0.2, 0.25) is 0 Å². The predicted molar refractivity (Wildman–Crippen MR) is 81.3 cm³/mol. The zero-order valence-corrected chi connectivity index (χ0v) is 13.2. The van der Waals surface area contributed by atoms with Crippen molar-refractivity contribution in [3.63, 3.8) is 0 Å². The van der Waals surface area contributed by atoms with Crippen molar-refractivity contribution in [1.82, 2.24) is 0 Å². The highest BCUT2D eigenvalue weighted by atomic mass is 16.7. The van der Waals surface area contributed by atoms with Gasteiger partial charge in [0.15, 0.2) is 6.29 Å². The molecule has 0 radical (unpaired) electrons. The predicted octanol–water partition coefficient (Wildman–Crippen LogP) is 5.31. The molecule has 0 spiro atoms. The molecular formula is C17H34O2. The second-order valence-electron chi connectivity index (χ2n) is 5.92. The Bertz CT molecular complexity index is 176. The minimum atomic E-state index is 0.0659. The summed E-state index contributed by atoms with van der Waals surface area (Å²) < 4.78 is 12.1. The Balaban J connectivity index is 2.38. The van der Waals surface area contributed by atoms with Crippen LogP contribution in [0.3, 0.4) is 0 Å². The largest absolute Gasteiger partial charge is 0.352 e. The number of hydrogen-bond donors (Lipinski definition) is 0. The van der Waals surface area contributed by atoms with Crippen molar-refractivity contribution < 1.29 is 9.47 Å². The maximum atomic E-state index is 6.04. The van der Waals surface area contributed by atoms with E-state index in [2.05, 4.69) is 13.8 Å². The summed E-state index contributed by atoms with van der Waals surface area (Å²) >= 11 is 0. The molecule has 19 heavy (non-hydrogen) atoms. The fourth-order valence-electron chi connectivity index (χ4n) is 2.77. The molecule has 0 heterocycles. The summed E-state index contributed by atoms with van der Waals surface area (Å²) in [5, 5.41) is 0. The van der Waals surface area contributed by atoms with Crippen molar-refractivity contribution in [2.45, 2.75) is 90.8 Å². The van der Waals surface area contributed by atoms with Crippen molar-refractivity contribution in [3.05, 3.63) is 0 Å². The molecule has 0 unspecified atom stereocenters. The first kappa shape index (κ1) is 17.0. The van der Waals surface area contributed by atoms with Gasteiger partial charge in [-0.3, -0.25) is 0 Å². The van der Waals surface area contributed by atoms with Gasteiger partial charge in [-0.15, -0.1) is 0 Å². The van der Waals surface area contributed by atoms with Gasteiger partial charge in [-0.05, 0) is 25.7 Å². The molecule has 1 aliphatic rings. The highest BCUT2D eigenvalue weighted by Gasteiger charge is 2.23. The maximum Gasteiger partial charge on any atom is 0.160 e. The highest BCUT2D eigenvalue weighted by molar-refractivity contribution is 4.67. The molecule has 0 atom stereocenters. The molecular weight excluding hydrogens is 236 g/mol. The van der Waals surface area contributed by atoms with Gasteiger partial charge in [-0.2, -0.15) is 0 Å². The van der Waals surface area contributed by atoms with Crippen LogP contribution in [0.25, 0.3) is 0 Å². The smallest absolute Gasteiger partial charge is 0.160 e. The lowest BCUT2D eigenvalue weighted by molar-refractivity contribution is -0.177. The minimum Gasteiger partial charge on any atom is -0.352 e. The van der Waals surface area contributed by atoms with Gasteiger partial charge in [0.25, 0.3) is 0 Å². The molecule has 0 N–H and O–H groups in total. The molecule has 0 bridgehead atoms. The second-order valence-corrected chi connectivity index (χ2v) is 5.92. The summed E-state index contributed by atoms with van der Waals surface area (Å²) in [6.45, 7) is 6.16. The van der Waals surface area contributed by atoms with Crippen molar-refractivity contribution >= 4 is 0 Å². The first-order valence-corrected chi connectivity index (χ1v) is 8.61. The van der Waals surface area contributed by atoms with Gasteiger partial charge in [0.1, 0.15) is 0 Å². The molecule has 0 aromatic heterocycles. The summed E-state index contributed by atoms with van der Waals surface area (Å²) in [4.78, 5) is 0. The number of rotatable bonds is 9. The van der Waals surface area contributed by atoms with E-state index in [9.17, 15) is 0 Å². The van der Waals surface area contributed by atoms with Crippen LogP contribution in [0.15, 0.2) is 0 Å². The topological polar surface area (TPSA) is 18.5 Å². The van der Waals surface area contributed by atoms with Crippen LogP contribution in [0.1, 0.15) is 84.5 Å². The third-order valence-corrected chi connectivity index (χ3v) is 4.09. The lowest BCUT2D eigenvalue weighted by Gasteiger charge is -2.29. The lowest BCUT2D eigenvalue weighted by Crippen LogP contribution is -2.29. The number of ether oxygens (including phenoxy) is 2. The van der Waals surface area contributed by atoms with E-state index in [4.69, 9.17) is 9.47 Å². The van der Waals surface area contributed by atoms with E-state index in [1.54, 1.807) is 0 Å². The molecule has 2 nitrogen and oxygen atoms in total. The van der Waals surface area contributed by atoms with E-state index in [-0.39, 0.29) is 6.29 Å². The minimum absolute atomic E-state index is 0.0659. The fraction of sp³-hybridized carbons (Fsp3) is 1.00. The molecule has 0 aromatic carbocycles. The molecule has 2 heteroatoms. The standard InChI is InChI=1S/C17H34O2/c1-3-5-14-18-17(19-15-6-4-2)16-12-10-8-7-9-11-13-16/h16-17H,3-15H2,1-2H3. The summed E-state index contributed by atoms with van der Waals surface area (Å²) in [6.07, 6.45) is 14.3. The van der Waals surface area contributed by atoms with Crippen LogP contribution in [0.5, 0.6) is 0 Å². The van der Waals surface area contributed by atoms with E-state index >= 15 is 0 Å². The van der Waals surface area contributed by atoms with Gasteiger partial charge in [0, 0.05) is 19.1 Å². The molecule has 1 rings (SSSR count). The first-order valence-electron chi connectivity index (χ1n) is 8.61. The summed E-state index contributed by atoms with van der Waals surface area (Å²) in [7, 11) is 0. The van der Waals surface area contributed by atoms with E-state index in [1.165, 1.54) is 57.8 Å². The summed E-state index contributed by atoms with van der Waals surface area (Å²) in [5.41, 5.74) is 0. The quantitative estimate of drug-likeness (QED) is 0.418. The van der Waals surface area contributed by atoms with Crippen LogP contribution in [-0.4, -0.2) is 19.5 Å². The van der Waals surface area contributed by atoms with Crippen molar-refractivity contribution in [2.75, 3.05) is 13.2 Å². The molecule has 0 aromatic rings. The zero-order chi connectivity index (χ0) is 13.8. The number of unbranched alkanes of at least 4 members (excludes halogenated alkanes) is 2. The molecule has 0 aliphatic heterocycles. The molecule has 1 aliphatic carbocycles. The molecule has 114 valence electrons. The SMILES string of the molecule is CCCCOC(OCCCC)C1CCCCCCC1. The van der Waals surface area contributed by atoms with Gasteiger partial charge < -0.3 is 9.47 Å². The van der Waals surface area contributed by atoms with Crippen LogP contribution in [-0.2, 0) is 9.47 Å². The average molecular weight is 270 g/mol. The second kappa shape index (κ2) is 11.7. The van der Waals surface area contributed by atoms with Crippen molar-refractivity contribution in [1.29, 1.82) is 0 Å². The molecule has 1 fully saturated rings. The van der Waals surface area contributed by atoms with Gasteiger partial charge in [0.2, 0.25) is 0 Å². The summed E-state index contributed by atoms with van der Waals surface area (Å²) in [5.74, 6) is 0.633. The fourth-order valence-corrected chi connectivity index (χ4v) is 2.77. The monoisotopic (exact) mass is 270 g/mol. The Morgan fingerprint density at radius 2 is 1.26 bits per heavy atom. The normalized spacial score (nSPS) is 18.5. The van der Waals surface area contributed by atoms with Crippen molar-refractivity contribution in [3.8, 4) is 0 Å². The van der Waals surface area contributed by atoms with Gasteiger partial charge in [-0.1, -0.05) is 58.8 Å². The third kappa shape index (κ3) is 7.94. The molecule has 0 saturated heterocycles. The highest BCUT2D eigenvalue weighted by Crippen LogP contribution is 2.27. The van der Waals surface area contributed by atoms with E-state index in [0.717, 1.165) is 26.1 Å². The van der Waals surface area contributed by atoms with Crippen LogP contribution >= 0.6 is 0 Å². The van der Waals surface area contributed by atoms with E-state index in [1.807, 2.05) is 0 Å². The average Bonchev–Trinajstić information content (AvgIpc) is 2.37. The lowest BCUT2D eigenvalue weighted by atomic mass is 9.90. The Morgan fingerprint density at radius 1 is 0.789 bits per heavy atom. The number of hydrogen-bond acceptors (Lipinski definition) is 2. The Labute approximate surface area is 120 Å². The van der Waals surface area contributed by atoms with Gasteiger partial charge in [0.05, 0.1) is 0 Å². The molecule has 0 amide bonds. The van der Waals surface area contributed by atoms with Gasteiger partial charge in [-0.25, -0.2) is 0 Å².